The second-order valence-electron chi connectivity index (χ2n) is 6.47. The van der Waals surface area contributed by atoms with Gasteiger partial charge in [0.15, 0.2) is 0 Å². The Morgan fingerprint density at radius 1 is 1.25 bits per heavy atom. The van der Waals surface area contributed by atoms with Crippen LogP contribution in [0.2, 0.25) is 0 Å². The van der Waals surface area contributed by atoms with Crippen molar-refractivity contribution in [1.29, 1.82) is 0 Å². The predicted molar refractivity (Wildman–Crippen MR) is 87.2 cm³/mol. The van der Waals surface area contributed by atoms with E-state index in [0.29, 0.717) is 6.04 Å². The first-order chi connectivity index (χ1) is 9.60. The molecule has 2 heteroatoms. The van der Waals surface area contributed by atoms with Gasteiger partial charge in [-0.25, -0.2) is 0 Å². The molecule has 0 heterocycles. The van der Waals surface area contributed by atoms with Crippen LogP contribution in [0, 0.1) is 19.8 Å². The quantitative estimate of drug-likeness (QED) is 0.816. The van der Waals surface area contributed by atoms with E-state index in [1.807, 2.05) is 0 Å². The summed E-state index contributed by atoms with van der Waals surface area (Å²) in [6.07, 6.45) is 4.30. The molecular weight excluding hydrogens is 244 g/mol. The molecule has 0 spiro atoms. The van der Waals surface area contributed by atoms with Gasteiger partial charge in [0.25, 0.3) is 0 Å². The Bertz CT molecular complexity index is 423. The summed E-state index contributed by atoms with van der Waals surface area (Å²) >= 11 is 0. The van der Waals surface area contributed by atoms with E-state index < -0.39 is 0 Å². The molecule has 1 N–H and O–H groups in total. The summed E-state index contributed by atoms with van der Waals surface area (Å²) < 4.78 is 0. The first-order valence-electron chi connectivity index (χ1n) is 8.09. The summed E-state index contributed by atoms with van der Waals surface area (Å²) in [5.74, 6) is 0.946. The van der Waals surface area contributed by atoms with Crippen molar-refractivity contribution in [2.75, 3.05) is 26.7 Å². The standard InChI is InChI=1S/C18H30N2/c1-5-19-18(13-20(4)12-16-7-6-8-16)17-10-9-14(2)15(3)11-17/h9-11,16,18-19H,5-8,12-13H2,1-4H3. The zero-order valence-corrected chi connectivity index (χ0v) is 13.6. The second-order valence-corrected chi connectivity index (χ2v) is 6.47. The normalized spacial score (nSPS) is 17.2. The van der Waals surface area contributed by atoms with Gasteiger partial charge in [0.05, 0.1) is 0 Å². The zero-order chi connectivity index (χ0) is 14.5. The zero-order valence-electron chi connectivity index (χ0n) is 13.6. The van der Waals surface area contributed by atoms with E-state index in [9.17, 15) is 0 Å². The number of nitrogens with one attached hydrogen (secondary N) is 1. The van der Waals surface area contributed by atoms with Crippen LogP contribution >= 0.6 is 0 Å². The van der Waals surface area contributed by atoms with Crippen LogP contribution in [0.4, 0.5) is 0 Å². The highest BCUT2D eigenvalue weighted by Gasteiger charge is 2.21. The molecule has 112 valence electrons. The van der Waals surface area contributed by atoms with E-state index in [1.165, 1.54) is 42.5 Å². The van der Waals surface area contributed by atoms with Crippen LogP contribution in [0.5, 0.6) is 0 Å². The third kappa shape index (κ3) is 4.07. The molecule has 20 heavy (non-hydrogen) atoms. The summed E-state index contributed by atoms with van der Waals surface area (Å²) in [4.78, 5) is 2.51. The highest BCUT2D eigenvalue weighted by Crippen LogP contribution is 2.27. The van der Waals surface area contributed by atoms with Crippen molar-refractivity contribution in [2.45, 2.75) is 46.1 Å². The fourth-order valence-electron chi connectivity index (χ4n) is 3.02. The molecule has 1 fully saturated rings. The Kier molecular flexibility index (Phi) is 5.62. The number of nitrogens with zero attached hydrogens (tertiary/aromatic N) is 1. The first kappa shape index (κ1) is 15.5. The molecule has 1 saturated carbocycles. The van der Waals surface area contributed by atoms with Gasteiger partial charge in [-0.15, -0.1) is 0 Å². The molecule has 0 aromatic heterocycles. The Labute approximate surface area is 124 Å². The van der Waals surface area contributed by atoms with E-state index >= 15 is 0 Å². The van der Waals surface area contributed by atoms with E-state index in [0.717, 1.165) is 19.0 Å². The maximum atomic E-state index is 3.64. The molecule has 0 bridgehead atoms. The molecule has 1 aliphatic carbocycles. The first-order valence-corrected chi connectivity index (χ1v) is 8.09. The molecule has 2 nitrogen and oxygen atoms in total. The number of likely N-dealkylation sites (N-methyl/N-ethyl adjacent to an activating group) is 2. The van der Waals surface area contributed by atoms with Gasteiger partial charge in [-0.1, -0.05) is 31.5 Å². The molecule has 2 rings (SSSR count). The van der Waals surface area contributed by atoms with Gasteiger partial charge in [-0.05, 0) is 62.9 Å². The van der Waals surface area contributed by atoms with Crippen LogP contribution in [0.1, 0.15) is 48.9 Å². The Morgan fingerprint density at radius 3 is 2.55 bits per heavy atom. The van der Waals surface area contributed by atoms with Gasteiger partial charge in [-0.3, -0.25) is 0 Å². The maximum Gasteiger partial charge on any atom is 0.0449 e. The minimum absolute atomic E-state index is 0.448. The van der Waals surface area contributed by atoms with Gasteiger partial charge in [0.2, 0.25) is 0 Å². The molecule has 1 unspecified atom stereocenters. The van der Waals surface area contributed by atoms with Crippen LogP contribution in [0.25, 0.3) is 0 Å². The average molecular weight is 274 g/mol. The Balaban J connectivity index is 1.99. The summed E-state index contributed by atoms with van der Waals surface area (Å²) in [5, 5.41) is 3.64. The average Bonchev–Trinajstić information content (AvgIpc) is 2.37. The Hall–Kier alpha value is -0.860. The van der Waals surface area contributed by atoms with Crippen molar-refractivity contribution < 1.29 is 0 Å². The third-order valence-electron chi connectivity index (χ3n) is 4.67. The van der Waals surface area contributed by atoms with Crippen molar-refractivity contribution in [2.24, 2.45) is 5.92 Å². The molecule has 1 aliphatic rings. The smallest absolute Gasteiger partial charge is 0.0449 e. The molecule has 1 aromatic rings. The van der Waals surface area contributed by atoms with E-state index in [-0.39, 0.29) is 0 Å². The van der Waals surface area contributed by atoms with Gasteiger partial charge in [-0.2, -0.15) is 0 Å². The molecule has 0 radical (unpaired) electrons. The molecular formula is C18H30N2. The number of rotatable bonds is 7. The monoisotopic (exact) mass is 274 g/mol. The fourth-order valence-corrected chi connectivity index (χ4v) is 3.02. The summed E-state index contributed by atoms with van der Waals surface area (Å²) in [6, 6.07) is 7.33. The van der Waals surface area contributed by atoms with Crippen LogP contribution in [0.15, 0.2) is 18.2 Å². The SMILES string of the molecule is CCNC(CN(C)CC1CCC1)c1ccc(C)c(C)c1. The van der Waals surface area contributed by atoms with Crippen LogP contribution in [0.3, 0.4) is 0 Å². The van der Waals surface area contributed by atoms with E-state index in [4.69, 9.17) is 0 Å². The van der Waals surface area contributed by atoms with Gasteiger partial charge in [0.1, 0.15) is 0 Å². The highest BCUT2D eigenvalue weighted by molar-refractivity contribution is 5.31. The molecule has 1 atom stereocenters. The molecule has 0 amide bonds. The highest BCUT2D eigenvalue weighted by atomic mass is 15.1. The van der Waals surface area contributed by atoms with Crippen molar-refractivity contribution in [3.05, 3.63) is 34.9 Å². The topological polar surface area (TPSA) is 15.3 Å². The molecule has 0 saturated heterocycles. The predicted octanol–water partition coefficient (Wildman–Crippen LogP) is 3.69. The van der Waals surface area contributed by atoms with Crippen LogP contribution in [-0.4, -0.2) is 31.6 Å². The summed E-state index contributed by atoms with van der Waals surface area (Å²) in [7, 11) is 2.27. The maximum absolute atomic E-state index is 3.64. The Morgan fingerprint density at radius 2 is 2.00 bits per heavy atom. The van der Waals surface area contributed by atoms with Crippen LogP contribution < -0.4 is 5.32 Å². The fraction of sp³-hybridized carbons (Fsp3) is 0.667. The van der Waals surface area contributed by atoms with Crippen LogP contribution in [-0.2, 0) is 0 Å². The second kappa shape index (κ2) is 7.24. The lowest BCUT2D eigenvalue weighted by Gasteiger charge is -2.32. The summed E-state index contributed by atoms with van der Waals surface area (Å²) in [6.45, 7) is 9.97. The number of aryl methyl sites for hydroxylation is 2. The lowest BCUT2D eigenvalue weighted by atomic mass is 9.85. The molecule has 0 aliphatic heterocycles. The van der Waals surface area contributed by atoms with Gasteiger partial charge >= 0.3 is 0 Å². The van der Waals surface area contributed by atoms with E-state index in [2.05, 4.69) is 56.2 Å². The largest absolute Gasteiger partial charge is 0.309 e. The lowest BCUT2D eigenvalue weighted by molar-refractivity contribution is 0.192. The van der Waals surface area contributed by atoms with Crippen molar-refractivity contribution in [3.63, 3.8) is 0 Å². The number of hydrogen-bond acceptors (Lipinski definition) is 2. The van der Waals surface area contributed by atoms with Crippen molar-refractivity contribution >= 4 is 0 Å². The van der Waals surface area contributed by atoms with Crippen molar-refractivity contribution in [3.8, 4) is 0 Å². The number of benzene rings is 1. The summed E-state index contributed by atoms with van der Waals surface area (Å²) in [5.41, 5.74) is 4.20. The third-order valence-corrected chi connectivity index (χ3v) is 4.67. The lowest BCUT2D eigenvalue weighted by Crippen LogP contribution is -2.37. The van der Waals surface area contributed by atoms with Gasteiger partial charge in [0, 0.05) is 19.1 Å². The minimum Gasteiger partial charge on any atom is -0.309 e. The number of hydrogen-bond donors (Lipinski definition) is 1. The minimum atomic E-state index is 0.448. The van der Waals surface area contributed by atoms with E-state index in [1.54, 1.807) is 0 Å². The van der Waals surface area contributed by atoms with Gasteiger partial charge < -0.3 is 10.2 Å². The van der Waals surface area contributed by atoms with Crippen molar-refractivity contribution in [1.82, 2.24) is 10.2 Å². The molecule has 1 aromatic carbocycles.